The number of benzene rings is 2. The number of ketones is 1. The molecule has 0 saturated carbocycles. The molecule has 0 radical (unpaired) electrons. The molecule has 4 aromatic rings. The highest BCUT2D eigenvalue weighted by Gasteiger charge is 2.32. The van der Waals surface area contributed by atoms with Crippen LogP contribution >= 0.6 is 23.2 Å². The van der Waals surface area contributed by atoms with Gasteiger partial charge >= 0.3 is 5.97 Å². The Morgan fingerprint density at radius 1 is 0.973 bits per heavy atom. The van der Waals surface area contributed by atoms with Gasteiger partial charge in [0.2, 0.25) is 17.4 Å². The first-order chi connectivity index (χ1) is 17.5. The second-order valence-corrected chi connectivity index (χ2v) is 10.4. The van der Waals surface area contributed by atoms with Crippen molar-refractivity contribution in [2.24, 2.45) is 5.41 Å². The SMILES string of the molecule is CC(C)(C)C(=O)c1oc2nc(-c3ccccc3Cl)c(-c3ccc(Cl)cc3)cc2c1NC(=O)CCC(=O)O. The van der Waals surface area contributed by atoms with Crippen molar-refractivity contribution in [3.05, 3.63) is 70.4 Å². The van der Waals surface area contributed by atoms with E-state index >= 15 is 0 Å². The van der Waals surface area contributed by atoms with Gasteiger partial charge in [-0.05, 0) is 29.8 Å². The van der Waals surface area contributed by atoms with E-state index in [0.29, 0.717) is 32.3 Å². The minimum atomic E-state index is -1.10. The summed E-state index contributed by atoms with van der Waals surface area (Å²) in [6.45, 7) is 5.21. The Morgan fingerprint density at radius 2 is 1.65 bits per heavy atom. The molecule has 1 amide bonds. The molecule has 9 heteroatoms. The molecule has 0 aliphatic carbocycles. The van der Waals surface area contributed by atoms with Gasteiger partial charge in [-0.2, -0.15) is 0 Å². The van der Waals surface area contributed by atoms with Crippen molar-refractivity contribution in [2.75, 3.05) is 5.32 Å². The Labute approximate surface area is 223 Å². The average Bonchev–Trinajstić information content (AvgIpc) is 3.18. The smallest absolute Gasteiger partial charge is 0.303 e. The molecule has 4 rings (SSSR count). The number of Topliss-reactive ketones (excluding diaryl/α,β-unsaturated/α-hetero) is 1. The summed E-state index contributed by atoms with van der Waals surface area (Å²) in [5.74, 6) is -2.06. The van der Waals surface area contributed by atoms with Gasteiger partial charge < -0.3 is 14.8 Å². The summed E-state index contributed by atoms with van der Waals surface area (Å²) in [5, 5.41) is 13.1. The van der Waals surface area contributed by atoms with Crippen LogP contribution in [0.4, 0.5) is 5.69 Å². The number of hydrogen-bond donors (Lipinski definition) is 2. The molecule has 2 aromatic heterocycles. The predicted octanol–water partition coefficient (Wildman–Crippen LogP) is 7.50. The molecular weight excluding hydrogens is 515 g/mol. The molecular formula is C28H24Cl2N2O5. The Bertz CT molecular complexity index is 1520. The van der Waals surface area contributed by atoms with Crippen LogP contribution < -0.4 is 5.32 Å². The third-order valence-corrected chi connectivity index (χ3v) is 6.27. The van der Waals surface area contributed by atoms with Crippen molar-refractivity contribution in [1.29, 1.82) is 0 Å². The molecule has 0 spiro atoms. The Kier molecular flexibility index (Phi) is 7.39. The number of pyridine rings is 1. The number of halogens is 2. The van der Waals surface area contributed by atoms with Crippen LogP contribution in [0.2, 0.25) is 10.0 Å². The minimum absolute atomic E-state index is 0.0583. The number of carboxylic acids is 1. The van der Waals surface area contributed by atoms with E-state index in [0.717, 1.165) is 5.56 Å². The molecule has 0 atom stereocenters. The standard InChI is InChI=1S/C28H24Cl2N2O5/c1-28(2,3)26(36)25-24(31-21(33)12-13-22(34)35)19-14-18(15-8-10-16(29)11-9-15)23(32-27(19)37-25)17-6-4-5-7-20(17)30/h4-11,14H,12-13H2,1-3H3,(H,31,33)(H,34,35). The van der Waals surface area contributed by atoms with Gasteiger partial charge in [0.15, 0.2) is 5.76 Å². The van der Waals surface area contributed by atoms with Gasteiger partial charge in [-0.1, -0.05) is 74.3 Å². The van der Waals surface area contributed by atoms with E-state index in [-0.39, 0.29) is 35.8 Å². The van der Waals surface area contributed by atoms with Crippen LogP contribution in [0, 0.1) is 5.41 Å². The number of aliphatic carboxylic acids is 1. The number of aromatic nitrogens is 1. The van der Waals surface area contributed by atoms with Gasteiger partial charge in [0.1, 0.15) is 5.69 Å². The Balaban J connectivity index is 1.99. The molecule has 0 aliphatic heterocycles. The highest BCUT2D eigenvalue weighted by molar-refractivity contribution is 6.33. The van der Waals surface area contributed by atoms with Crippen LogP contribution in [0.15, 0.2) is 59.0 Å². The molecule has 0 unspecified atom stereocenters. The van der Waals surface area contributed by atoms with E-state index in [4.69, 9.17) is 37.7 Å². The first-order valence-corrected chi connectivity index (χ1v) is 12.3. The minimum Gasteiger partial charge on any atom is -0.481 e. The number of carbonyl (C=O) groups excluding carboxylic acids is 2. The normalized spacial score (nSPS) is 11.5. The monoisotopic (exact) mass is 538 g/mol. The maximum absolute atomic E-state index is 13.3. The number of furan rings is 1. The fourth-order valence-corrected chi connectivity index (χ4v) is 4.13. The highest BCUT2D eigenvalue weighted by atomic mass is 35.5. The number of amides is 1. The summed E-state index contributed by atoms with van der Waals surface area (Å²) in [4.78, 5) is 41.6. The zero-order chi connectivity index (χ0) is 26.9. The van der Waals surface area contributed by atoms with Crippen molar-refractivity contribution >= 4 is 57.6 Å². The third-order valence-electron chi connectivity index (χ3n) is 5.68. The van der Waals surface area contributed by atoms with Crippen LogP contribution in [0.5, 0.6) is 0 Å². The lowest BCUT2D eigenvalue weighted by Crippen LogP contribution is -2.22. The van der Waals surface area contributed by atoms with Crippen molar-refractivity contribution in [2.45, 2.75) is 33.6 Å². The maximum Gasteiger partial charge on any atom is 0.303 e. The molecule has 0 fully saturated rings. The Hall–Kier alpha value is -3.68. The quantitative estimate of drug-likeness (QED) is 0.235. The summed E-state index contributed by atoms with van der Waals surface area (Å²) < 4.78 is 5.97. The first-order valence-electron chi connectivity index (χ1n) is 11.5. The lowest BCUT2D eigenvalue weighted by molar-refractivity contribution is -0.138. The van der Waals surface area contributed by atoms with Crippen molar-refractivity contribution in [1.82, 2.24) is 4.98 Å². The van der Waals surface area contributed by atoms with Crippen molar-refractivity contribution in [3.63, 3.8) is 0 Å². The summed E-state index contributed by atoms with van der Waals surface area (Å²) in [6.07, 6.45) is -0.616. The second-order valence-electron chi connectivity index (χ2n) is 9.55. The number of carboxylic acid groups (broad SMARTS) is 1. The number of rotatable bonds is 7. The lowest BCUT2D eigenvalue weighted by Gasteiger charge is -2.15. The molecule has 2 N–H and O–H groups in total. The maximum atomic E-state index is 13.3. The fraction of sp³-hybridized carbons (Fsp3) is 0.214. The summed E-state index contributed by atoms with van der Waals surface area (Å²) in [5.41, 5.74) is 2.10. The largest absolute Gasteiger partial charge is 0.481 e. The third kappa shape index (κ3) is 5.68. The Morgan fingerprint density at radius 3 is 2.27 bits per heavy atom. The number of nitrogens with one attached hydrogen (secondary N) is 1. The first kappa shape index (κ1) is 26.4. The topological polar surface area (TPSA) is 110 Å². The molecule has 2 heterocycles. The van der Waals surface area contributed by atoms with E-state index in [9.17, 15) is 14.4 Å². The highest BCUT2D eigenvalue weighted by Crippen LogP contribution is 2.41. The number of anilines is 1. The van der Waals surface area contributed by atoms with E-state index in [1.807, 2.05) is 30.3 Å². The van der Waals surface area contributed by atoms with Gasteiger partial charge in [-0.25, -0.2) is 4.98 Å². The molecule has 7 nitrogen and oxygen atoms in total. The van der Waals surface area contributed by atoms with Crippen LogP contribution in [0.25, 0.3) is 33.5 Å². The van der Waals surface area contributed by atoms with E-state index in [1.54, 1.807) is 45.0 Å². The number of carbonyl (C=O) groups is 3. The van der Waals surface area contributed by atoms with Gasteiger partial charge in [0.05, 0.1) is 17.5 Å². The van der Waals surface area contributed by atoms with E-state index in [1.165, 1.54) is 0 Å². The van der Waals surface area contributed by atoms with Crippen molar-refractivity contribution < 1.29 is 23.9 Å². The molecule has 0 aliphatic rings. The molecule has 2 aromatic carbocycles. The zero-order valence-corrected chi connectivity index (χ0v) is 21.9. The second kappa shape index (κ2) is 10.4. The van der Waals surface area contributed by atoms with Crippen LogP contribution in [-0.2, 0) is 9.59 Å². The van der Waals surface area contributed by atoms with Gasteiger partial charge in [0.25, 0.3) is 0 Å². The van der Waals surface area contributed by atoms with E-state index in [2.05, 4.69) is 5.32 Å². The summed E-state index contributed by atoms with van der Waals surface area (Å²) in [7, 11) is 0. The van der Waals surface area contributed by atoms with Crippen LogP contribution in [0.3, 0.4) is 0 Å². The predicted molar refractivity (Wildman–Crippen MR) is 144 cm³/mol. The van der Waals surface area contributed by atoms with Crippen molar-refractivity contribution in [3.8, 4) is 22.4 Å². The zero-order valence-electron chi connectivity index (χ0n) is 20.4. The van der Waals surface area contributed by atoms with Crippen LogP contribution in [-0.4, -0.2) is 27.8 Å². The lowest BCUT2D eigenvalue weighted by atomic mass is 9.88. The average molecular weight is 539 g/mol. The van der Waals surface area contributed by atoms with E-state index < -0.39 is 17.3 Å². The molecule has 190 valence electrons. The number of fused-ring (bicyclic) bond motifs is 1. The molecule has 37 heavy (non-hydrogen) atoms. The van der Waals surface area contributed by atoms with Gasteiger partial charge in [0, 0.05) is 33.0 Å². The molecule has 0 saturated heterocycles. The fourth-order valence-electron chi connectivity index (χ4n) is 3.78. The summed E-state index contributed by atoms with van der Waals surface area (Å²) in [6, 6.07) is 16.2. The summed E-state index contributed by atoms with van der Waals surface area (Å²) >= 11 is 12.6. The number of nitrogens with zero attached hydrogens (tertiary/aromatic N) is 1. The van der Waals surface area contributed by atoms with Crippen LogP contribution in [0.1, 0.15) is 44.2 Å². The molecule has 0 bridgehead atoms. The van der Waals surface area contributed by atoms with Gasteiger partial charge in [-0.3, -0.25) is 14.4 Å². The van der Waals surface area contributed by atoms with Gasteiger partial charge in [-0.15, -0.1) is 0 Å². The number of hydrogen-bond acceptors (Lipinski definition) is 5.